The summed E-state index contributed by atoms with van der Waals surface area (Å²) in [6.07, 6.45) is 4.51. The molecule has 0 radical (unpaired) electrons. The molecule has 0 aromatic heterocycles. The van der Waals surface area contributed by atoms with E-state index in [0.717, 1.165) is 55.5 Å². The number of nitrogens with one attached hydrogen (secondary N) is 1. The van der Waals surface area contributed by atoms with Crippen LogP contribution in [0.3, 0.4) is 0 Å². The number of thioether (sulfide) groups is 1. The molecule has 33 heavy (non-hydrogen) atoms. The van der Waals surface area contributed by atoms with Gasteiger partial charge in [-0.3, -0.25) is 9.91 Å². The van der Waals surface area contributed by atoms with E-state index in [9.17, 15) is 9.18 Å². The van der Waals surface area contributed by atoms with Crippen LogP contribution < -0.4 is 10.2 Å². The zero-order valence-corrected chi connectivity index (χ0v) is 20.7. The Labute approximate surface area is 204 Å². The SMILES string of the molecule is CCN(CC)[C@H]1CCN(C(=O)Oc2cc(F)ccc2C=C2SC(N3CCCCN3)=NC2=S)C1. The first kappa shape index (κ1) is 24.1. The fourth-order valence-electron chi connectivity index (χ4n) is 4.33. The lowest BCUT2D eigenvalue weighted by Crippen LogP contribution is -2.45. The number of carbonyl (C=O) groups is 1. The summed E-state index contributed by atoms with van der Waals surface area (Å²) in [5.41, 5.74) is 3.92. The first-order valence-corrected chi connectivity index (χ1v) is 12.7. The van der Waals surface area contributed by atoms with E-state index >= 15 is 0 Å². The van der Waals surface area contributed by atoms with Crippen molar-refractivity contribution in [2.75, 3.05) is 39.3 Å². The van der Waals surface area contributed by atoms with Crippen molar-refractivity contribution in [2.45, 2.75) is 39.2 Å². The minimum atomic E-state index is -0.460. The van der Waals surface area contributed by atoms with Gasteiger partial charge in [0.2, 0.25) is 0 Å². The van der Waals surface area contributed by atoms with Crippen LogP contribution >= 0.6 is 24.0 Å². The van der Waals surface area contributed by atoms with Crippen molar-refractivity contribution >= 4 is 46.3 Å². The van der Waals surface area contributed by atoms with Gasteiger partial charge >= 0.3 is 6.09 Å². The molecule has 1 N–H and O–H groups in total. The lowest BCUT2D eigenvalue weighted by Gasteiger charge is -2.28. The first-order valence-electron chi connectivity index (χ1n) is 11.5. The molecule has 1 atom stereocenters. The van der Waals surface area contributed by atoms with Crippen molar-refractivity contribution in [3.05, 3.63) is 34.5 Å². The summed E-state index contributed by atoms with van der Waals surface area (Å²) in [4.78, 5) is 22.7. The van der Waals surface area contributed by atoms with Crippen LogP contribution in [0.15, 0.2) is 28.1 Å². The molecule has 3 heterocycles. The Balaban J connectivity index is 1.46. The number of likely N-dealkylation sites (tertiary alicyclic amines) is 1. The Hall–Kier alpha value is -2.01. The molecular formula is C23H30FN5O2S2. The molecule has 3 aliphatic heterocycles. The highest BCUT2D eigenvalue weighted by molar-refractivity contribution is 8.19. The Morgan fingerprint density at radius 3 is 2.91 bits per heavy atom. The molecular weight excluding hydrogens is 461 g/mol. The number of carbonyl (C=O) groups excluding carboxylic acids is 1. The van der Waals surface area contributed by atoms with Gasteiger partial charge in [0, 0.05) is 43.9 Å². The van der Waals surface area contributed by atoms with E-state index in [1.54, 1.807) is 11.0 Å². The number of hydrogen-bond donors (Lipinski definition) is 1. The number of benzene rings is 1. The van der Waals surface area contributed by atoms with Crippen molar-refractivity contribution < 1.29 is 13.9 Å². The first-order chi connectivity index (χ1) is 16.0. The summed E-state index contributed by atoms with van der Waals surface area (Å²) in [5, 5.41) is 2.83. The molecule has 1 aromatic rings. The molecule has 1 amide bonds. The van der Waals surface area contributed by atoms with Crippen molar-refractivity contribution in [2.24, 2.45) is 4.99 Å². The second-order valence-electron chi connectivity index (χ2n) is 8.24. The van der Waals surface area contributed by atoms with Crippen molar-refractivity contribution in [3.8, 4) is 5.75 Å². The van der Waals surface area contributed by atoms with Gasteiger partial charge in [0.15, 0.2) is 5.17 Å². The van der Waals surface area contributed by atoms with Crippen molar-refractivity contribution in [3.63, 3.8) is 0 Å². The Morgan fingerprint density at radius 2 is 2.18 bits per heavy atom. The van der Waals surface area contributed by atoms with Gasteiger partial charge < -0.3 is 9.64 Å². The third kappa shape index (κ3) is 5.74. The van der Waals surface area contributed by atoms with Crippen LogP contribution in [-0.4, -0.2) is 76.4 Å². The second-order valence-corrected chi connectivity index (χ2v) is 9.63. The molecule has 178 valence electrons. The number of amides is 1. The lowest BCUT2D eigenvalue weighted by molar-refractivity contribution is 0.154. The third-order valence-electron chi connectivity index (χ3n) is 6.16. The average Bonchev–Trinajstić information content (AvgIpc) is 3.45. The van der Waals surface area contributed by atoms with E-state index < -0.39 is 11.9 Å². The molecule has 0 saturated carbocycles. The van der Waals surface area contributed by atoms with Gasteiger partial charge in [-0.25, -0.2) is 19.6 Å². The highest BCUT2D eigenvalue weighted by atomic mass is 32.2. The summed E-state index contributed by atoms with van der Waals surface area (Å²) in [6.45, 7) is 9.18. The average molecular weight is 492 g/mol. The van der Waals surface area contributed by atoms with Gasteiger partial charge in [-0.2, -0.15) is 0 Å². The minimum Gasteiger partial charge on any atom is -0.409 e. The smallest absolute Gasteiger partial charge is 0.409 e. The van der Waals surface area contributed by atoms with Crippen LogP contribution in [0.25, 0.3) is 6.08 Å². The van der Waals surface area contributed by atoms with Gasteiger partial charge in [-0.05, 0) is 62.3 Å². The molecule has 1 aromatic carbocycles. The van der Waals surface area contributed by atoms with E-state index in [1.165, 1.54) is 23.9 Å². The van der Waals surface area contributed by atoms with Crippen LogP contribution in [0.2, 0.25) is 0 Å². The molecule has 10 heteroatoms. The third-order valence-corrected chi connectivity index (χ3v) is 7.63. The molecule has 2 saturated heterocycles. The van der Waals surface area contributed by atoms with E-state index in [0.29, 0.717) is 29.7 Å². The Bertz CT molecular complexity index is 960. The van der Waals surface area contributed by atoms with Crippen LogP contribution in [0.4, 0.5) is 9.18 Å². The fourth-order valence-corrected chi connectivity index (χ4v) is 5.57. The zero-order chi connectivity index (χ0) is 23.4. The highest BCUT2D eigenvalue weighted by Gasteiger charge is 2.31. The summed E-state index contributed by atoms with van der Waals surface area (Å²) < 4.78 is 19.7. The number of hydrogen-bond acceptors (Lipinski definition) is 7. The summed E-state index contributed by atoms with van der Waals surface area (Å²) in [7, 11) is 0. The van der Waals surface area contributed by atoms with Gasteiger partial charge in [0.25, 0.3) is 0 Å². The van der Waals surface area contributed by atoms with Gasteiger partial charge in [0.05, 0.1) is 4.91 Å². The summed E-state index contributed by atoms with van der Waals surface area (Å²) in [6, 6.07) is 4.53. The van der Waals surface area contributed by atoms with Crippen LogP contribution in [0, 0.1) is 5.82 Å². The number of likely N-dealkylation sites (N-methyl/N-ethyl adjacent to an activating group) is 1. The number of thiocarbonyl (C=S) groups is 1. The monoisotopic (exact) mass is 491 g/mol. The number of halogens is 1. The maximum absolute atomic E-state index is 14.0. The predicted octanol–water partition coefficient (Wildman–Crippen LogP) is 4.11. The fraction of sp³-hybridized carbons (Fsp3) is 0.522. The highest BCUT2D eigenvalue weighted by Crippen LogP contribution is 2.34. The Morgan fingerprint density at radius 1 is 1.36 bits per heavy atom. The molecule has 0 spiro atoms. The minimum absolute atomic E-state index is 0.187. The van der Waals surface area contributed by atoms with Crippen LogP contribution in [-0.2, 0) is 0 Å². The normalized spacial score (nSPS) is 22.4. The standard InChI is InChI=1S/C23H30FN5O2S2/c1-3-27(4-2)18-9-12-28(15-18)23(30)31-19-14-17(24)8-7-16(19)13-20-21(32)26-22(33-20)29-11-6-5-10-25-29/h7-8,13-14,18,25H,3-6,9-12,15H2,1-2H3/t18-/m0/s1. The number of aliphatic imine (C=N–C) groups is 1. The molecule has 7 nitrogen and oxygen atoms in total. The van der Waals surface area contributed by atoms with Gasteiger partial charge in [-0.1, -0.05) is 26.1 Å². The van der Waals surface area contributed by atoms with Crippen molar-refractivity contribution in [1.82, 2.24) is 20.2 Å². The van der Waals surface area contributed by atoms with Crippen LogP contribution in [0.5, 0.6) is 5.75 Å². The van der Waals surface area contributed by atoms with Crippen molar-refractivity contribution in [1.29, 1.82) is 0 Å². The zero-order valence-electron chi connectivity index (χ0n) is 19.1. The number of hydrazine groups is 1. The molecule has 0 bridgehead atoms. The summed E-state index contributed by atoms with van der Waals surface area (Å²) in [5.74, 6) is -0.273. The van der Waals surface area contributed by atoms with E-state index in [-0.39, 0.29) is 5.75 Å². The van der Waals surface area contributed by atoms with E-state index in [2.05, 4.69) is 29.2 Å². The molecule has 4 rings (SSSR count). The quantitative estimate of drug-likeness (QED) is 0.491. The second kappa shape index (κ2) is 10.9. The maximum Gasteiger partial charge on any atom is 0.415 e. The molecule has 2 fully saturated rings. The number of rotatable bonds is 5. The predicted molar refractivity (Wildman–Crippen MR) is 135 cm³/mol. The molecule has 0 unspecified atom stereocenters. The van der Waals surface area contributed by atoms with E-state index in [1.807, 2.05) is 11.1 Å². The van der Waals surface area contributed by atoms with E-state index in [4.69, 9.17) is 17.0 Å². The van der Waals surface area contributed by atoms with Gasteiger partial charge in [-0.15, -0.1) is 0 Å². The molecule has 0 aliphatic carbocycles. The molecule has 3 aliphatic rings. The van der Waals surface area contributed by atoms with Gasteiger partial charge in [0.1, 0.15) is 16.6 Å². The topological polar surface area (TPSA) is 60.4 Å². The number of amidine groups is 1. The number of ether oxygens (including phenoxy) is 1. The largest absolute Gasteiger partial charge is 0.415 e. The number of nitrogens with zero attached hydrogens (tertiary/aromatic N) is 4. The summed E-state index contributed by atoms with van der Waals surface area (Å²) >= 11 is 6.93. The maximum atomic E-state index is 14.0. The Kier molecular flexibility index (Phi) is 8.00. The lowest BCUT2D eigenvalue weighted by atomic mass is 10.2. The van der Waals surface area contributed by atoms with Crippen LogP contribution in [0.1, 0.15) is 38.7 Å².